The van der Waals surface area contributed by atoms with E-state index < -0.39 is 0 Å². The Morgan fingerprint density at radius 3 is 2.82 bits per heavy atom. The van der Waals surface area contributed by atoms with Crippen molar-refractivity contribution in [3.63, 3.8) is 0 Å². The van der Waals surface area contributed by atoms with E-state index in [4.69, 9.17) is 5.26 Å². The number of para-hydroxylation sites is 1. The maximum Gasteiger partial charge on any atom is 0.138 e. The highest BCUT2D eigenvalue weighted by Gasteiger charge is 2.29. The molecule has 0 unspecified atom stereocenters. The maximum atomic E-state index is 9.95. The third kappa shape index (κ3) is 1.79. The van der Waals surface area contributed by atoms with Crippen molar-refractivity contribution >= 4 is 27.1 Å². The minimum Gasteiger partial charge on any atom is -0.511 e. The van der Waals surface area contributed by atoms with Crippen LogP contribution in [0.3, 0.4) is 0 Å². The van der Waals surface area contributed by atoms with E-state index >= 15 is 0 Å². The Morgan fingerprint density at radius 1 is 1.41 bits per heavy atom. The molecule has 1 aliphatic carbocycles. The quantitative estimate of drug-likeness (QED) is 0.647. The first-order valence-electron chi connectivity index (χ1n) is 5.49. The summed E-state index contributed by atoms with van der Waals surface area (Å²) in [5.41, 5.74) is 1.22. The molecule has 3 nitrogen and oxygen atoms in total. The molecule has 2 aromatic rings. The number of hydrogen-bond donors (Lipinski definition) is 1. The number of allylic oxidation sites excluding steroid dienone is 2. The zero-order chi connectivity index (χ0) is 11.8. The summed E-state index contributed by atoms with van der Waals surface area (Å²) < 4.78 is 1.04. The summed E-state index contributed by atoms with van der Waals surface area (Å²) in [6.45, 7) is 0. The van der Waals surface area contributed by atoms with E-state index in [9.17, 15) is 5.11 Å². The number of nitrogens with zero attached hydrogens (tertiary/aromatic N) is 2. The van der Waals surface area contributed by atoms with Crippen LogP contribution in [0.2, 0.25) is 0 Å². The lowest BCUT2D eigenvalue weighted by molar-refractivity contribution is 0.383. The van der Waals surface area contributed by atoms with Gasteiger partial charge in [0, 0.05) is 5.92 Å². The van der Waals surface area contributed by atoms with Gasteiger partial charge in [0.2, 0.25) is 0 Å². The van der Waals surface area contributed by atoms with Gasteiger partial charge in [-0.25, -0.2) is 4.98 Å². The Bertz CT molecular complexity index is 614. The van der Waals surface area contributed by atoms with Gasteiger partial charge in [-0.1, -0.05) is 12.1 Å². The molecule has 4 heteroatoms. The van der Waals surface area contributed by atoms with Crippen LogP contribution in [0.25, 0.3) is 15.8 Å². The van der Waals surface area contributed by atoms with Gasteiger partial charge in [0.15, 0.2) is 0 Å². The van der Waals surface area contributed by atoms with Crippen LogP contribution < -0.4 is 0 Å². The van der Waals surface area contributed by atoms with Crippen molar-refractivity contribution < 1.29 is 5.11 Å². The van der Waals surface area contributed by atoms with Crippen molar-refractivity contribution in [1.29, 1.82) is 5.26 Å². The lowest BCUT2D eigenvalue weighted by atomic mass is 10.2. The third-order valence-electron chi connectivity index (χ3n) is 2.84. The fraction of sp³-hybridized carbons (Fsp3) is 0.231. The molecule has 84 valence electrons. The van der Waals surface area contributed by atoms with Gasteiger partial charge in [-0.05, 0) is 25.0 Å². The van der Waals surface area contributed by atoms with Gasteiger partial charge in [0.05, 0.1) is 10.2 Å². The zero-order valence-corrected chi connectivity index (χ0v) is 9.87. The van der Waals surface area contributed by atoms with E-state index in [-0.39, 0.29) is 11.7 Å². The average molecular weight is 242 g/mol. The topological polar surface area (TPSA) is 56.9 Å². The molecule has 0 aliphatic heterocycles. The molecule has 0 saturated heterocycles. The Balaban J connectivity index is 2.13. The molecule has 1 aromatic carbocycles. The van der Waals surface area contributed by atoms with Gasteiger partial charge in [-0.3, -0.25) is 0 Å². The van der Waals surface area contributed by atoms with Gasteiger partial charge in [-0.15, -0.1) is 11.3 Å². The van der Waals surface area contributed by atoms with Crippen LogP contribution in [0.4, 0.5) is 0 Å². The summed E-state index contributed by atoms with van der Waals surface area (Å²) in [5, 5.41) is 19.7. The molecule has 1 fully saturated rings. The number of benzene rings is 1. The fourth-order valence-electron chi connectivity index (χ4n) is 1.75. The molecule has 3 rings (SSSR count). The van der Waals surface area contributed by atoms with Crippen LogP contribution >= 0.6 is 11.3 Å². The Morgan fingerprint density at radius 2 is 2.18 bits per heavy atom. The number of aliphatic hydroxyl groups is 1. The molecule has 0 spiro atoms. The van der Waals surface area contributed by atoms with E-state index in [0.29, 0.717) is 10.6 Å². The van der Waals surface area contributed by atoms with Gasteiger partial charge in [0.25, 0.3) is 0 Å². The van der Waals surface area contributed by atoms with Crippen LogP contribution in [0.1, 0.15) is 17.8 Å². The second-order valence-corrected chi connectivity index (χ2v) is 5.16. The van der Waals surface area contributed by atoms with Crippen molar-refractivity contribution in [2.75, 3.05) is 0 Å². The third-order valence-corrected chi connectivity index (χ3v) is 3.89. The van der Waals surface area contributed by atoms with Crippen LogP contribution in [-0.2, 0) is 0 Å². The van der Waals surface area contributed by atoms with Crippen LogP contribution in [0, 0.1) is 17.2 Å². The van der Waals surface area contributed by atoms with E-state index in [1.165, 1.54) is 11.3 Å². The van der Waals surface area contributed by atoms with Gasteiger partial charge in [-0.2, -0.15) is 5.26 Å². The zero-order valence-electron chi connectivity index (χ0n) is 9.05. The number of fused-ring (bicyclic) bond motifs is 1. The minimum absolute atomic E-state index is 0.177. The van der Waals surface area contributed by atoms with E-state index in [2.05, 4.69) is 11.1 Å². The molecular weight excluding hydrogens is 232 g/mol. The normalized spacial score (nSPS) is 16.6. The van der Waals surface area contributed by atoms with Crippen molar-refractivity contribution in [3.05, 3.63) is 35.0 Å². The monoisotopic (exact) mass is 242 g/mol. The standard InChI is InChI=1S/C13H10N2OS/c14-7-9(12(16)8-5-6-8)13-15-10-3-1-2-4-11(10)17-13/h1-4,8,16H,5-6H2/b12-9+. The van der Waals surface area contributed by atoms with Crippen LogP contribution in [0.15, 0.2) is 30.0 Å². The molecule has 0 atom stereocenters. The summed E-state index contributed by atoms with van der Waals surface area (Å²) in [6.07, 6.45) is 1.95. The SMILES string of the molecule is N#C/C(=C(\O)C1CC1)c1nc2ccccc2s1. The lowest BCUT2D eigenvalue weighted by Crippen LogP contribution is -1.90. The predicted octanol–water partition coefficient (Wildman–Crippen LogP) is 3.50. The Kier molecular flexibility index (Phi) is 2.34. The first kappa shape index (κ1) is 10.3. The highest BCUT2D eigenvalue weighted by Crippen LogP contribution is 2.39. The summed E-state index contributed by atoms with van der Waals surface area (Å²) in [7, 11) is 0. The number of thiazole rings is 1. The molecule has 1 saturated carbocycles. The summed E-state index contributed by atoms with van der Waals surface area (Å²) in [5.74, 6) is 0.392. The fourth-order valence-corrected chi connectivity index (χ4v) is 2.72. The molecule has 0 radical (unpaired) electrons. The lowest BCUT2D eigenvalue weighted by Gasteiger charge is -1.98. The summed E-state index contributed by atoms with van der Waals surface area (Å²) in [4.78, 5) is 4.39. The predicted molar refractivity (Wildman–Crippen MR) is 67.5 cm³/mol. The molecule has 1 N–H and O–H groups in total. The number of aromatic nitrogens is 1. The Hall–Kier alpha value is -1.86. The van der Waals surface area contributed by atoms with Crippen molar-refractivity contribution in [2.45, 2.75) is 12.8 Å². The second-order valence-electron chi connectivity index (χ2n) is 4.13. The maximum absolute atomic E-state index is 9.95. The van der Waals surface area contributed by atoms with E-state index in [1.807, 2.05) is 24.3 Å². The first-order valence-corrected chi connectivity index (χ1v) is 6.30. The number of aliphatic hydroxyl groups excluding tert-OH is 1. The summed E-state index contributed by atoms with van der Waals surface area (Å²) >= 11 is 1.45. The van der Waals surface area contributed by atoms with Gasteiger partial charge in [0.1, 0.15) is 22.4 Å². The largest absolute Gasteiger partial charge is 0.511 e. The Labute approximate surface area is 103 Å². The molecule has 0 amide bonds. The van der Waals surface area contributed by atoms with Crippen LogP contribution in [-0.4, -0.2) is 10.1 Å². The molecule has 1 aliphatic rings. The van der Waals surface area contributed by atoms with Crippen LogP contribution in [0.5, 0.6) is 0 Å². The smallest absolute Gasteiger partial charge is 0.138 e. The number of nitriles is 1. The van der Waals surface area contributed by atoms with Crippen molar-refractivity contribution in [3.8, 4) is 6.07 Å². The molecule has 1 heterocycles. The first-order chi connectivity index (χ1) is 8.29. The average Bonchev–Trinajstić information content (AvgIpc) is 3.10. The number of hydrogen-bond acceptors (Lipinski definition) is 4. The summed E-state index contributed by atoms with van der Waals surface area (Å²) in [6, 6.07) is 9.83. The van der Waals surface area contributed by atoms with E-state index in [1.54, 1.807) is 0 Å². The van der Waals surface area contributed by atoms with Gasteiger partial charge >= 0.3 is 0 Å². The van der Waals surface area contributed by atoms with E-state index in [0.717, 1.165) is 23.1 Å². The number of rotatable bonds is 2. The highest BCUT2D eigenvalue weighted by atomic mass is 32.1. The molecule has 0 bridgehead atoms. The van der Waals surface area contributed by atoms with Crippen molar-refractivity contribution in [2.24, 2.45) is 5.92 Å². The molecular formula is C13H10N2OS. The molecule has 1 aromatic heterocycles. The minimum atomic E-state index is 0.177. The highest BCUT2D eigenvalue weighted by molar-refractivity contribution is 7.19. The molecule has 17 heavy (non-hydrogen) atoms. The van der Waals surface area contributed by atoms with Crippen molar-refractivity contribution in [1.82, 2.24) is 4.98 Å². The second kappa shape index (κ2) is 3.86. The van der Waals surface area contributed by atoms with Gasteiger partial charge < -0.3 is 5.11 Å².